The van der Waals surface area contributed by atoms with E-state index in [-0.39, 0.29) is 11.0 Å². The molecule has 18 heavy (non-hydrogen) atoms. The predicted molar refractivity (Wildman–Crippen MR) is 72.4 cm³/mol. The third-order valence-electron chi connectivity index (χ3n) is 2.99. The smallest absolute Gasteiger partial charge is 0.0872 e. The highest BCUT2D eigenvalue weighted by atomic mass is 16.4. The number of rotatable bonds is 2. The molecule has 0 heterocycles. The third-order valence-corrected chi connectivity index (χ3v) is 2.99. The van der Waals surface area contributed by atoms with Gasteiger partial charge in [-0.05, 0) is 55.4 Å². The summed E-state index contributed by atoms with van der Waals surface area (Å²) in [6.07, 6.45) is 0. The molecule has 0 aliphatic rings. The molecule has 0 aromatic carbocycles. The summed E-state index contributed by atoms with van der Waals surface area (Å²) < 4.78 is 0. The van der Waals surface area contributed by atoms with Gasteiger partial charge < -0.3 is 31.4 Å². The highest BCUT2D eigenvalue weighted by Crippen LogP contribution is 2.19. The molecule has 0 saturated heterocycles. The first-order valence-corrected chi connectivity index (χ1v) is 5.39. The Balaban J connectivity index is -0.0000000980. The van der Waals surface area contributed by atoms with Gasteiger partial charge in [0, 0.05) is 0 Å². The Morgan fingerprint density at radius 3 is 0.444 bits per heavy atom. The lowest BCUT2D eigenvalue weighted by Crippen LogP contribution is -2.44. The van der Waals surface area contributed by atoms with Crippen molar-refractivity contribution in [1.29, 1.82) is 0 Å². The first kappa shape index (κ1) is 26.3. The van der Waals surface area contributed by atoms with Crippen molar-refractivity contribution in [3.8, 4) is 0 Å². The molecule has 0 aromatic heterocycles. The van der Waals surface area contributed by atoms with E-state index in [4.69, 9.17) is 20.4 Å². The average molecular weight is 272 g/mol. The second-order valence-electron chi connectivity index (χ2n) is 6.24. The van der Waals surface area contributed by atoms with Gasteiger partial charge in [0.25, 0.3) is 0 Å². The monoisotopic (exact) mass is 272 g/mol. The van der Waals surface area contributed by atoms with E-state index in [0.717, 1.165) is 0 Å². The van der Waals surface area contributed by atoms with Gasteiger partial charge >= 0.3 is 0 Å². The Hall–Kier alpha value is -0.240. The molecule has 0 bridgehead atoms. The van der Waals surface area contributed by atoms with Crippen molar-refractivity contribution in [3.05, 3.63) is 0 Å². The van der Waals surface area contributed by atoms with Crippen molar-refractivity contribution < 1.29 is 31.4 Å². The molecule has 116 valence electrons. The maximum absolute atomic E-state index is 9.10. The van der Waals surface area contributed by atoms with Crippen molar-refractivity contribution >= 4 is 0 Å². The summed E-state index contributed by atoms with van der Waals surface area (Å²) in [6, 6.07) is 0. The topological polar surface area (TPSA) is 144 Å². The van der Waals surface area contributed by atoms with E-state index in [1.807, 2.05) is 0 Å². The molecule has 0 aliphatic heterocycles. The minimum Gasteiger partial charge on any atom is -0.412 e. The van der Waals surface area contributed by atoms with Crippen molar-refractivity contribution in [3.63, 3.8) is 0 Å². The van der Waals surface area contributed by atoms with Crippen LogP contribution in [0.2, 0.25) is 0 Å². The van der Waals surface area contributed by atoms with Crippen LogP contribution >= 0.6 is 0 Å². The Morgan fingerprint density at radius 2 is 0.444 bits per heavy atom. The molecule has 0 amide bonds. The van der Waals surface area contributed by atoms with Gasteiger partial charge in [0.2, 0.25) is 0 Å². The van der Waals surface area contributed by atoms with Crippen LogP contribution in [-0.2, 0) is 0 Å². The normalized spacial score (nSPS) is 12.7. The summed E-state index contributed by atoms with van der Waals surface area (Å²) >= 11 is 0. The SMILES string of the molecule is CC(C)(O)C(C)(C)O.CC(C)(O)C(C)(C)O.O.O. The average Bonchev–Trinajstić information content (AvgIpc) is 1.77. The van der Waals surface area contributed by atoms with Gasteiger partial charge in [0.15, 0.2) is 0 Å². The Bertz CT molecular complexity index is 151. The van der Waals surface area contributed by atoms with Crippen LogP contribution in [0.25, 0.3) is 0 Å². The van der Waals surface area contributed by atoms with Gasteiger partial charge in [0.1, 0.15) is 0 Å². The van der Waals surface area contributed by atoms with Crippen molar-refractivity contribution in [2.75, 3.05) is 0 Å². The summed E-state index contributed by atoms with van der Waals surface area (Å²) in [5.41, 5.74) is -4.03. The summed E-state index contributed by atoms with van der Waals surface area (Å²) in [4.78, 5) is 0. The van der Waals surface area contributed by atoms with Gasteiger partial charge in [-0.1, -0.05) is 0 Å². The molecule has 0 fully saturated rings. The maximum atomic E-state index is 9.10. The molecule has 0 unspecified atom stereocenters. The highest BCUT2D eigenvalue weighted by molar-refractivity contribution is 4.85. The predicted octanol–water partition coefficient (Wildman–Crippen LogP) is -0.593. The fourth-order valence-corrected chi connectivity index (χ4v) is 0. The lowest BCUT2D eigenvalue weighted by atomic mass is 9.90. The second-order valence-corrected chi connectivity index (χ2v) is 6.24. The Morgan fingerprint density at radius 1 is 0.389 bits per heavy atom. The van der Waals surface area contributed by atoms with Crippen LogP contribution in [0.3, 0.4) is 0 Å². The first-order chi connectivity index (χ1) is 6.50. The van der Waals surface area contributed by atoms with Crippen LogP contribution in [0, 0.1) is 0 Å². The second kappa shape index (κ2) is 7.37. The van der Waals surface area contributed by atoms with E-state index in [9.17, 15) is 0 Å². The van der Waals surface area contributed by atoms with Crippen LogP contribution in [0.15, 0.2) is 0 Å². The molecular formula is C12H32O6. The maximum Gasteiger partial charge on any atom is 0.0872 e. The molecule has 0 atom stereocenters. The fourth-order valence-electron chi connectivity index (χ4n) is 0. The largest absolute Gasteiger partial charge is 0.412 e. The summed E-state index contributed by atoms with van der Waals surface area (Å²) in [6.45, 7) is 12.6. The minimum absolute atomic E-state index is 0. The lowest BCUT2D eigenvalue weighted by Gasteiger charge is -2.31. The van der Waals surface area contributed by atoms with Crippen LogP contribution in [0.5, 0.6) is 0 Å². The Labute approximate surface area is 110 Å². The van der Waals surface area contributed by atoms with Crippen molar-refractivity contribution in [1.82, 2.24) is 0 Å². The molecule has 0 spiro atoms. The molecule has 6 heteroatoms. The van der Waals surface area contributed by atoms with E-state index in [1.165, 1.54) is 0 Å². The summed E-state index contributed by atoms with van der Waals surface area (Å²) in [5, 5.41) is 36.4. The molecular weight excluding hydrogens is 240 g/mol. The quantitative estimate of drug-likeness (QED) is 0.532. The van der Waals surface area contributed by atoms with Gasteiger partial charge in [0.05, 0.1) is 22.4 Å². The summed E-state index contributed by atoms with van der Waals surface area (Å²) in [5.74, 6) is 0. The Kier molecular flexibility index (Phi) is 10.8. The van der Waals surface area contributed by atoms with Gasteiger partial charge in [-0.3, -0.25) is 0 Å². The first-order valence-electron chi connectivity index (χ1n) is 5.39. The lowest BCUT2D eigenvalue weighted by molar-refractivity contribution is -0.107. The van der Waals surface area contributed by atoms with E-state index in [1.54, 1.807) is 55.4 Å². The van der Waals surface area contributed by atoms with Gasteiger partial charge in [-0.25, -0.2) is 0 Å². The van der Waals surface area contributed by atoms with Crippen molar-refractivity contribution in [2.24, 2.45) is 0 Å². The van der Waals surface area contributed by atoms with E-state index < -0.39 is 22.4 Å². The zero-order chi connectivity index (χ0) is 14.0. The van der Waals surface area contributed by atoms with E-state index >= 15 is 0 Å². The highest BCUT2D eigenvalue weighted by Gasteiger charge is 2.32. The summed E-state index contributed by atoms with van der Waals surface area (Å²) in [7, 11) is 0. The number of hydrogen-bond donors (Lipinski definition) is 4. The molecule has 0 saturated carbocycles. The molecule has 0 rings (SSSR count). The minimum atomic E-state index is -1.01. The zero-order valence-corrected chi connectivity index (χ0v) is 12.8. The van der Waals surface area contributed by atoms with Crippen LogP contribution in [0.4, 0.5) is 0 Å². The van der Waals surface area contributed by atoms with Crippen LogP contribution in [-0.4, -0.2) is 53.8 Å². The number of aliphatic hydroxyl groups is 4. The van der Waals surface area contributed by atoms with Gasteiger partial charge in [-0.15, -0.1) is 0 Å². The molecule has 0 radical (unpaired) electrons. The molecule has 8 N–H and O–H groups in total. The van der Waals surface area contributed by atoms with Crippen LogP contribution in [0.1, 0.15) is 55.4 Å². The zero-order valence-electron chi connectivity index (χ0n) is 12.8. The molecule has 6 nitrogen and oxygen atoms in total. The fraction of sp³-hybridized carbons (Fsp3) is 1.00. The standard InChI is InChI=1S/2C6H14O2.2H2O/c2*1-5(2,7)6(3,4)8;;/h2*7-8H,1-4H3;2*1H2. The third kappa shape index (κ3) is 10.9. The molecule has 0 aliphatic carbocycles. The number of hydrogen-bond acceptors (Lipinski definition) is 4. The van der Waals surface area contributed by atoms with E-state index in [0.29, 0.717) is 0 Å². The van der Waals surface area contributed by atoms with Gasteiger partial charge in [-0.2, -0.15) is 0 Å². The van der Waals surface area contributed by atoms with Crippen molar-refractivity contribution in [2.45, 2.75) is 77.8 Å². The van der Waals surface area contributed by atoms with Crippen LogP contribution < -0.4 is 0 Å². The molecule has 0 aromatic rings. The van der Waals surface area contributed by atoms with E-state index in [2.05, 4.69) is 0 Å².